The van der Waals surface area contributed by atoms with Gasteiger partial charge in [0.25, 0.3) is 5.91 Å². The number of nitrogens with one attached hydrogen (secondary N) is 2. The Labute approximate surface area is 188 Å². The van der Waals surface area contributed by atoms with Gasteiger partial charge < -0.3 is 25.0 Å². The summed E-state index contributed by atoms with van der Waals surface area (Å²) in [5, 5.41) is 6.87. The molecule has 3 aromatic rings. The van der Waals surface area contributed by atoms with Crippen molar-refractivity contribution in [3.05, 3.63) is 54.2 Å². The minimum absolute atomic E-state index is 0.214. The van der Waals surface area contributed by atoms with Crippen LogP contribution in [0.4, 0.5) is 11.4 Å². The van der Waals surface area contributed by atoms with Crippen molar-refractivity contribution in [2.75, 3.05) is 59.4 Å². The topological polar surface area (TPSA) is 79.0 Å². The van der Waals surface area contributed by atoms with Crippen LogP contribution in [0.3, 0.4) is 0 Å². The lowest BCUT2D eigenvalue weighted by Crippen LogP contribution is -2.45. The maximum atomic E-state index is 12.6. The molecule has 1 aliphatic rings. The van der Waals surface area contributed by atoms with Crippen LogP contribution in [0.15, 0.2) is 48.7 Å². The van der Waals surface area contributed by atoms with Gasteiger partial charge in [-0.2, -0.15) is 0 Å². The van der Waals surface area contributed by atoms with Crippen LogP contribution < -0.4 is 20.1 Å². The van der Waals surface area contributed by atoms with Gasteiger partial charge in [0.15, 0.2) is 11.5 Å². The summed E-state index contributed by atoms with van der Waals surface area (Å²) in [4.78, 5) is 21.7. The predicted molar refractivity (Wildman–Crippen MR) is 126 cm³/mol. The molecular formula is C24H29N5O3. The molecule has 0 aliphatic carbocycles. The SMILES string of the molecule is CNC(=O)c1cnc2cc(OC)c(OCN3CCN(C)CC3)cc2c1Nc1ccccc1. The Morgan fingerprint density at radius 2 is 1.84 bits per heavy atom. The molecule has 1 aromatic heterocycles. The third-order valence-electron chi connectivity index (χ3n) is 5.67. The van der Waals surface area contributed by atoms with E-state index >= 15 is 0 Å². The summed E-state index contributed by atoms with van der Waals surface area (Å²) in [6.45, 7) is 4.41. The maximum absolute atomic E-state index is 12.6. The van der Waals surface area contributed by atoms with Gasteiger partial charge in [0, 0.05) is 56.6 Å². The van der Waals surface area contributed by atoms with Crippen molar-refractivity contribution in [2.45, 2.75) is 0 Å². The van der Waals surface area contributed by atoms with Crippen LogP contribution in [0.1, 0.15) is 10.4 Å². The number of piperazine rings is 1. The molecule has 8 nitrogen and oxygen atoms in total. The normalized spacial score (nSPS) is 14.8. The third-order valence-corrected chi connectivity index (χ3v) is 5.67. The van der Waals surface area contributed by atoms with E-state index in [4.69, 9.17) is 9.47 Å². The number of aromatic nitrogens is 1. The zero-order valence-electron chi connectivity index (χ0n) is 18.7. The van der Waals surface area contributed by atoms with Gasteiger partial charge in [-0.3, -0.25) is 14.7 Å². The Kier molecular flexibility index (Phi) is 6.72. The van der Waals surface area contributed by atoms with Crippen LogP contribution >= 0.6 is 0 Å². The summed E-state index contributed by atoms with van der Waals surface area (Å²) in [6, 6.07) is 13.5. The van der Waals surface area contributed by atoms with E-state index < -0.39 is 0 Å². The number of nitrogens with zero attached hydrogens (tertiary/aromatic N) is 3. The lowest BCUT2D eigenvalue weighted by molar-refractivity contribution is 0.0748. The number of pyridine rings is 1. The molecule has 0 atom stereocenters. The lowest BCUT2D eigenvalue weighted by Gasteiger charge is -2.32. The Morgan fingerprint density at radius 1 is 1.09 bits per heavy atom. The quantitative estimate of drug-likeness (QED) is 0.591. The molecule has 1 saturated heterocycles. The number of methoxy groups -OCH3 is 1. The molecule has 1 amide bonds. The zero-order valence-corrected chi connectivity index (χ0v) is 18.7. The number of carbonyl (C=O) groups excluding carboxylic acids is 1. The number of anilines is 2. The minimum atomic E-state index is -0.214. The van der Waals surface area contributed by atoms with Gasteiger partial charge in [-0.15, -0.1) is 0 Å². The van der Waals surface area contributed by atoms with Gasteiger partial charge in [0.05, 0.1) is 23.9 Å². The number of ether oxygens (including phenoxy) is 2. The van der Waals surface area contributed by atoms with Gasteiger partial charge in [-0.1, -0.05) is 18.2 Å². The predicted octanol–water partition coefficient (Wildman–Crippen LogP) is 2.93. The molecule has 2 aromatic carbocycles. The first-order chi connectivity index (χ1) is 15.6. The molecule has 1 fully saturated rings. The largest absolute Gasteiger partial charge is 0.493 e. The number of likely N-dealkylation sites (N-methyl/N-ethyl adjacent to an activating group) is 1. The molecule has 0 spiro atoms. The number of carbonyl (C=O) groups is 1. The third kappa shape index (κ3) is 4.76. The second-order valence-corrected chi connectivity index (χ2v) is 7.83. The summed E-state index contributed by atoms with van der Waals surface area (Å²) in [7, 11) is 5.35. The molecule has 0 unspecified atom stereocenters. The number of amides is 1. The highest BCUT2D eigenvalue weighted by molar-refractivity contribution is 6.08. The van der Waals surface area contributed by atoms with Crippen LogP contribution in [0.5, 0.6) is 11.5 Å². The fraction of sp³-hybridized carbons (Fsp3) is 0.333. The van der Waals surface area contributed by atoms with Gasteiger partial charge in [-0.25, -0.2) is 0 Å². The summed E-state index contributed by atoms with van der Waals surface area (Å²) in [5.74, 6) is 1.01. The molecular weight excluding hydrogens is 406 g/mol. The monoisotopic (exact) mass is 435 g/mol. The van der Waals surface area contributed by atoms with Crippen molar-refractivity contribution < 1.29 is 14.3 Å². The highest BCUT2D eigenvalue weighted by atomic mass is 16.5. The second kappa shape index (κ2) is 9.84. The fourth-order valence-corrected chi connectivity index (χ4v) is 3.72. The number of para-hydroxylation sites is 1. The fourth-order valence-electron chi connectivity index (χ4n) is 3.72. The Balaban J connectivity index is 1.72. The average molecular weight is 436 g/mol. The number of hydrogen-bond acceptors (Lipinski definition) is 7. The van der Waals surface area contributed by atoms with Crippen molar-refractivity contribution >= 4 is 28.2 Å². The molecule has 2 heterocycles. The van der Waals surface area contributed by atoms with E-state index in [0.29, 0.717) is 35.0 Å². The van der Waals surface area contributed by atoms with Crippen LogP contribution in [-0.2, 0) is 0 Å². The van der Waals surface area contributed by atoms with Crippen LogP contribution in [-0.4, -0.2) is 74.8 Å². The highest BCUT2D eigenvalue weighted by Gasteiger charge is 2.19. The smallest absolute Gasteiger partial charge is 0.254 e. The van der Waals surface area contributed by atoms with Crippen molar-refractivity contribution in [1.29, 1.82) is 0 Å². The lowest BCUT2D eigenvalue weighted by atomic mass is 10.1. The molecule has 1 aliphatic heterocycles. The summed E-state index contributed by atoms with van der Waals surface area (Å²) in [5.41, 5.74) is 2.72. The standard InChI is InChI=1S/C24H29N5O3/c1-25-24(30)19-15-26-20-14-21(31-3)22(32-16-29-11-9-28(2)10-12-29)13-18(20)23(19)27-17-7-5-4-6-8-17/h4-8,13-15H,9-12,16H2,1-3H3,(H,25,30)(H,26,27). The molecule has 0 bridgehead atoms. The van der Waals surface area contributed by atoms with Crippen LogP contribution in [0, 0.1) is 0 Å². The first-order valence-electron chi connectivity index (χ1n) is 10.7. The minimum Gasteiger partial charge on any atom is -0.493 e. The average Bonchev–Trinajstić information content (AvgIpc) is 2.83. The summed E-state index contributed by atoms with van der Waals surface area (Å²) in [6.07, 6.45) is 1.58. The van der Waals surface area contributed by atoms with Gasteiger partial charge in [0.2, 0.25) is 0 Å². The van der Waals surface area contributed by atoms with E-state index in [9.17, 15) is 4.79 Å². The molecule has 0 saturated carbocycles. The van der Waals surface area contributed by atoms with E-state index in [-0.39, 0.29) is 5.91 Å². The molecule has 4 rings (SSSR count). The Morgan fingerprint density at radius 3 is 2.53 bits per heavy atom. The van der Waals surface area contributed by atoms with E-state index in [1.54, 1.807) is 20.4 Å². The van der Waals surface area contributed by atoms with Crippen molar-refractivity contribution in [3.63, 3.8) is 0 Å². The van der Waals surface area contributed by atoms with E-state index in [0.717, 1.165) is 37.3 Å². The molecule has 0 radical (unpaired) electrons. The molecule has 2 N–H and O–H groups in total. The van der Waals surface area contributed by atoms with Gasteiger partial charge in [-0.05, 0) is 25.2 Å². The number of fused-ring (bicyclic) bond motifs is 1. The van der Waals surface area contributed by atoms with E-state index in [1.165, 1.54) is 0 Å². The van der Waals surface area contributed by atoms with Crippen LogP contribution in [0.25, 0.3) is 10.9 Å². The summed E-state index contributed by atoms with van der Waals surface area (Å²) < 4.78 is 11.7. The number of rotatable bonds is 7. The first-order valence-corrected chi connectivity index (χ1v) is 10.7. The van der Waals surface area contributed by atoms with Gasteiger partial charge in [0.1, 0.15) is 6.73 Å². The van der Waals surface area contributed by atoms with E-state index in [2.05, 4.69) is 32.5 Å². The maximum Gasteiger partial charge on any atom is 0.254 e. The number of benzene rings is 2. The van der Waals surface area contributed by atoms with Gasteiger partial charge >= 0.3 is 0 Å². The zero-order chi connectivity index (χ0) is 22.5. The Bertz CT molecular complexity index is 1080. The molecule has 8 heteroatoms. The highest BCUT2D eigenvalue weighted by Crippen LogP contribution is 2.37. The van der Waals surface area contributed by atoms with Crippen molar-refractivity contribution in [2.24, 2.45) is 0 Å². The van der Waals surface area contributed by atoms with Crippen molar-refractivity contribution in [3.8, 4) is 11.5 Å². The van der Waals surface area contributed by atoms with Crippen molar-refractivity contribution in [1.82, 2.24) is 20.1 Å². The molecule has 32 heavy (non-hydrogen) atoms. The first kappa shape index (κ1) is 21.9. The second-order valence-electron chi connectivity index (χ2n) is 7.83. The molecule has 168 valence electrons. The number of hydrogen-bond donors (Lipinski definition) is 2. The van der Waals surface area contributed by atoms with E-state index in [1.807, 2.05) is 42.5 Å². The Hall–Kier alpha value is -3.36. The van der Waals surface area contributed by atoms with Crippen LogP contribution in [0.2, 0.25) is 0 Å². The summed E-state index contributed by atoms with van der Waals surface area (Å²) >= 11 is 0.